The molecule has 3 aromatic rings. The van der Waals surface area contributed by atoms with Crippen LogP contribution in [0.3, 0.4) is 0 Å². The van der Waals surface area contributed by atoms with Gasteiger partial charge in [-0.2, -0.15) is 0 Å². The van der Waals surface area contributed by atoms with Crippen LogP contribution in [0.15, 0.2) is 91.0 Å². The molecule has 0 bridgehead atoms. The van der Waals surface area contributed by atoms with Gasteiger partial charge in [-0.3, -0.25) is 0 Å². The molecule has 20 heavy (non-hydrogen) atoms. The molecular formula is C18H16AsRh. The van der Waals surface area contributed by atoms with Gasteiger partial charge in [0.15, 0.2) is 0 Å². The minimum atomic E-state index is -2.60. The molecule has 0 aliphatic carbocycles. The molecule has 0 aliphatic heterocycles. The Labute approximate surface area is 131 Å². The summed E-state index contributed by atoms with van der Waals surface area (Å²) in [6, 6.07) is 32.7. The molecule has 0 fully saturated rings. The van der Waals surface area contributed by atoms with Crippen molar-refractivity contribution in [1.82, 2.24) is 0 Å². The van der Waals surface area contributed by atoms with Gasteiger partial charge >= 0.3 is 131 Å². The van der Waals surface area contributed by atoms with Crippen molar-refractivity contribution < 1.29 is 16.1 Å². The fourth-order valence-electron chi connectivity index (χ4n) is 2.48. The van der Waals surface area contributed by atoms with Crippen molar-refractivity contribution >= 4 is 24.2 Å². The van der Waals surface area contributed by atoms with Crippen molar-refractivity contribution in [3.05, 3.63) is 91.0 Å². The molecule has 0 amide bonds. The summed E-state index contributed by atoms with van der Waals surface area (Å²) in [7, 11) is 0. The molecule has 0 saturated heterocycles. The Morgan fingerprint density at radius 3 is 0.950 bits per heavy atom. The van der Waals surface area contributed by atoms with Gasteiger partial charge in [0, 0.05) is 0 Å². The van der Waals surface area contributed by atoms with Crippen molar-refractivity contribution in [2.75, 3.05) is 0 Å². The molecule has 3 rings (SSSR count). The molecule has 0 atom stereocenters. The van der Waals surface area contributed by atoms with Crippen LogP contribution in [0.4, 0.5) is 0 Å². The zero-order valence-corrected chi connectivity index (χ0v) is 14.7. The van der Waals surface area contributed by atoms with Gasteiger partial charge in [-0.25, -0.2) is 0 Å². The van der Waals surface area contributed by atoms with E-state index in [-0.39, 0.29) is 0 Å². The zero-order chi connectivity index (χ0) is 13.8. The Hall–Kier alpha value is -1.16. The van der Waals surface area contributed by atoms with Crippen LogP contribution in [0.2, 0.25) is 0 Å². The molecule has 0 N–H and O–H groups in total. The van der Waals surface area contributed by atoms with Gasteiger partial charge in [0.25, 0.3) is 0 Å². The van der Waals surface area contributed by atoms with Gasteiger partial charge in [0.2, 0.25) is 0 Å². The van der Waals surface area contributed by atoms with E-state index in [2.05, 4.69) is 107 Å². The maximum atomic E-state index is 3.49. The predicted molar refractivity (Wildman–Crippen MR) is 85.4 cm³/mol. The second-order valence-electron chi connectivity index (χ2n) is 4.72. The summed E-state index contributed by atoms with van der Waals surface area (Å²) in [5.74, 6) is 0. The molecule has 2 heteroatoms. The normalized spacial score (nSPS) is 12.1. The quantitative estimate of drug-likeness (QED) is 0.580. The van der Waals surface area contributed by atoms with Crippen LogP contribution in [0.5, 0.6) is 0 Å². The number of hydrogen-bond donors (Lipinski definition) is 0. The van der Waals surface area contributed by atoms with Crippen LogP contribution in [-0.2, 0) is 16.1 Å². The maximum absolute atomic E-state index is 3.49. The molecule has 0 radical (unpaired) electrons. The van der Waals surface area contributed by atoms with E-state index in [1.165, 1.54) is 13.1 Å². The van der Waals surface area contributed by atoms with E-state index in [4.69, 9.17) is 0 Å². The first-order valence-electron chi connectivity index (χ1n) is 6.65. The van der Waals surface area contributed by atoms with Gasteiger partial charge in [-0.15, -0.1) is 0 Å². The molecular weight excluding hydrogens is 394 g/mol. The van der Waals surface area contributed by atoms with Gasteiger partial charge in [-0.05, 0) is 0 Å². The first-order chi connectivity index (χ1) is 9.82. The summed E-state index contributed by atoms with van der Waals surface area (Å²) in [6.45, 7) is 0. The predicted octanol–water partition coefficient (Wildman–Crippen LogP) is 1.93. The second kappa shape index (κ2) is 6.08. The monoisotopic (exact) mass is 410 g/mol. The van der Waals surface area contributed by atoms with Crippen molar-refractivity contribution in [1.29, 1.82) is 0 Å². The average Bonchev–Trinajstić information content (AvgIpc) is 2.56. The summed E-state index contributed by atoms with van der Waals surface area (Å²) >= 11 is 0.888. The van der Waals surface area contributed by atoms with Crippen LogP contribution in [0, 0.1) is 0 Å². The van der Waals surface area contributed by atoms with Crippen LogP contribution in [-0.4, -0.2) is 11.2 Å². The van der Waals surface area contributed by atoms with Crippen LogP contribution < -0.4 is 13.1 Å². The van der Waals surface area contributed by atoms with Gasteiger partial charge < -0.3 is 0 Å². The molecule has 0 spiro atoms. The minimum absolute atomic E-state index is 1.46. The average molecular weight is 410 g/mol. The molecule has 0 heterocycles. The van der Waals surface area contributed by atoms with Crippen molar-refractivity contribution in [3.63, 3.8) is 0 Å². The van der Waals surface area contributed by atoms with E-state index in [0.717, 1.165) is 0 Å². The molecule has 0 aromatic heterocycles. The number of rotatable bonds is 3. The van der Waals surface area contributed by atoms with E-state index < -0.39 is 11.2 Å². The van der Waals surface area contributed by atoms with Gasteiger partial charge in [0.05, 0.1) is 0 Å². The fourth-order valence-corrected chi connectivity index (χ4v) is 12.8. The standard InChI is InChI=1S/C18H16As.Rh/c1-4-10-16(11-5-1)19(17-12-6-2-7-13-17)18-14-8-3-9-15-18;/h1-15,19H;/q+1;-1. The third-order valence-electron chi connectivity index (χ3n) is 3.48. The topological polar surface area (TPSA) is 0 Å². The molecule has 0 aliphatic rings. The third kappa shape index (κ3) is 2.53. The Morgan fingerprint density at radius 2 is 0.700 bits per heavy atom. The van der Waals surface area contributed by atoms with Crippen LogP contribution in [0.1, 0.15) is 0 Å². The Balaban J connectivity index is 2.24. The summed E-state index contributed by atoms with van der Waals surface area (Å²) in [4.78, 5) is 0. The number of hydrogen-bond acceptors (Lipinski definition) is 0. The van der Waals surface area contributed by atoms with E-state index in [0.29, 0.717) is 0 Å². The summed E-state index contributed by atoms with van der Waals surface area (Å²) in [5, 5.41) is 0. The summed E-state index contributed by atoms with van der Waals surface area (Å²) < 4.78 is 4.37. The zero-order valence-electron chi connectivity index (χ0n) is 11.0. The fraction of sp³-hybridized carbons (Fsp3) is 0. The van der Waals surface area contributed by atoms with Gasteiger partial charge in [0.1, 0.15) is 0 Å². The second-order valence-corrected chi connectivity index (χ2v) is 17.4. The molecule has 0 saturated carbocycles. The Kier molecular flexibility index (Phi) is 4.20. The van der Waals surface area contributed by atoms with E-state index in [1.54, 1.807) is 0 Å². The van der Waals surface area contributed by atoms with Crippen molar-refractivity contribution in [2.45, 2.75) is 0 Å². The molecule has 0 nitrogen and oxygen atoms in total. The SMILES string of the molecule is [Rh][AsH](c1ccccc1)(c1ccccc1)c1ccccc1. The first kappa shape index (κ1) is 13.8. The van der Waals surface area contributed by atoms with E-state index in [9.17, 15) is 0 Å². The summed E-state index contributed by atoms with van der Waals surface area (Å²) in [5.41, 5.74) is 0. The van der Waals surface area contributed by atoms with Crippen molar-refractivity contribution in [3.8, 4) is 0 Å². The molecule has 102 valence electrons. The van der Waals surface area contributed by atoms with Crippen molar-refractivity contribution in [2.24, 2.45) is 0 Å². The van der Waals surface area contributed by atoms with Crippen LogP contribution >= 0.6 is 0 Å². The Bertz CT molecular complexity index is 569. The third-order valence-corrected chi connectivity index (χ3v) is 17.8. The Morgan fingerprint density at radius 1 is 0.450 bits per heavy atom. The first-order valence-corrected chi connectivity index (χ1v) is 14.8. The molecule has 3 aromatic carbocycles. The van der Waals surface area contributed by atoms with E-state index in [1.807, 2.05) is 0 Å². The number of benzene rings is 3. The van der Waals surface area contributed by atoms with E-state index >= 15 is 0 Å². The van der Waals surface area contributed by atoms with Gasteiger partial charge in [-0.1, -0.05) is 0 Å². The van der Waals surface area contributed by atoms with Crippen LogP contribution in [0.25, 0.3) is 0 Å². The molecule has 0 unspecified atom stereocenters. The summed E-state index contributed by atoms with van der Waals surface area (Å²) in [6.07, 6.45) is 0.